The van der Waals surface area contributed by atoms with E-state index in [1.165, 1.54) is 0 Å². The van der Waals surface area contributed by atoms with Gasteiger partial charge in [-0.1, -0.05) is 34.1 Å². The molecule has 1 N–H and O–H groups in total. The van der Waals surface area contributed by atoms with Crippen molar-refractivity contribution in [3.63, 3.8) is 0 Å². The van der Waals surface area contributed by atoms with Crippen LogP contribution in [0.3, 0.4) is 0 Å². The van der Waals surface area contributed by atoms with Crippen LogP contribution in [-0.2, 0) is 11.2 Å². The van der Waals surface area contributed by atoms with E-state index in [1.54, 1.807) is 24.3 Å². The molecular weight excluding hydrogens is 220 g/mol. The summed E-state index contributed by atoms with van der Waals surface area (Å²) in [7, 11) is 0. The Morgan fingerprint density at radius 2 is 2.08 bits per heavy atom. The molecule has 0 unspecified atom stereocenters. The molecule has 0 aliphatic heterocycles. The highest BCUT2D eigenvalue weighted by Crippen LogP contribution is 2.16. The van der Waals surface area contributed by atoms with Crippen molar-refractivity contribution in [3.8, 4) is 5.75 Å². The number of carbonyl (C=O) groups is 1. The van der Waals surface area contributed by atoms with Crippen LogP contribution in [0.15, 0.2) is 24.3 Å². The van der Waals surface area contributed by atoms with Gasteiger partial charge in [-0.3, -0.25) is 4.79 Å². The zero-order valence-electron chi connectivity index (χ0n) is 6.46. The van der Waals surface area contributed by atoms with Gasteiger partial charge in [-0.15, -0.1) is 0 Å². The highest BCUT2D eigenvalue weighted by molar-refractivity contribution is 9.09. The fraction of sp³-hybridized carbons (Fsp3) is 0.222. The number of carbonyl (C=O) groups excluding carboxylic acids is 1. The zero-order valence-corrected chi connectivity index (χ0v) is 8.04. The van der Waals surface area contributed by atoms with Gasteiger partial charge in [-0.2, -0.15) is 0 Å². The molecule has 0 saturated heterocycles. The summed E-state index contributed by atoms with van der Waals surface area (Å²) in [5.74, 6) is 0.253. The summed E-state index contributed by atoms with van der Waals surface area (Å²) < 4.78 is 0. The standard InChI is InChI=1S/C9H9BrO2/c10-6-8(11)5-7-3-1-2-4-9(7)12/h1-4,12H,5-6H2. The molecule has 0 aliphatic rings. The number of alkyl halides is 1. The number of ketones is 1. The SMILES string of the molecule is O=C(CBr)Cc1ccccc1O. The third-order valence-corrected chi connectivity index (χ3v) is 2.15. The second-order valence-electron chi connectivity index (χ2n) is 2.48. The van der Waals surface area contributed by atoms with E-state index in [1.807, 2.05) is 0 Å². The van der Waals surface area contributed by atoms with Crippen LogP contribution < -0.4 is 0 Å². The molecule has 0 saturated carbocycles. The number of para-hydroxylation sites is 1. The topological polar surface area (TPSA) is 37.3 Å². The summed E-state index contributed by atoms with van der Waals surface area (Å²) in [6, 6.07) is 6.86. The van der Waals surface area contributed by atoms with Gasteiger partial charge in [0, 0.05) is 12.0 Å². The molecule has 0 amide bonds. The predicted octanol–water partition coefficient (Wildman–Crippen LogP) is 1.90. The molecule has 0 radical (unpaired) electrons. The molecular formula is C9H9BrO2. The van der Waals surface area contributed by atoms with Crippen molar-refractivity contribution in [2.24, 2.45) is 0 Å². The Morgan fingerprint density at radius 1 is 1.42 bits per heavy atom. The van der Waals surface area contributed by atoms with Crippen molar-refractivity contribution >= 4 is 21.7 Å². The number of rotatable bonds is 3. The maximum absolute atomic E-state index is 11.0. The molecule has 1 aromatic rings. The molecule has 0 bridgehead atoms. The van der Waals surface area contributed by atoms with Crippen LogP contribution in [0.4, 0.5) is 0 Å². The molecule has 0 atom stereocenters. The van der Waals surface area contributed by atoms with E-state index >= 15 is 0 Å². The zero-order chi connectivity index (χ0) is 8.97. The summed E-state index contributed by atoms with van der Waals surface area (Å²) in [5.41, 5.74) is 0.682. The van der Waals surface area contributed by atoms with Gasteiger partial charge in [0.05, 0.1) is 5.33 Å². The second kappa shape index (κ2) is 4.26. The van der Waals surface area contributed by atoms with Gasteiger partial charge in [0.15, 0.2) is 0 Å². The number of hydrogen-bond acceptors (Lipinski definition) is 2. The van der Waals surface area contributed by atoms with Crippen molar-refractivity contribution in [2.75, 3.05) is 5.33 Å². The summed E-state index contributed by atoms with van der Waals surface area (Å²) >= 11 is 3.07. The Morgan fingerprint density at radius 3 is 2.67 bits per heavy atom. The lowest BCUT2D eigenvalue weighted by Gasteiger charge is -2.00. The lowest BCUT2D eigenvalue weighted by atomic mass is 10.1. The molecule has 64 valence electrons. The Balaban J connectivity index is 2.75. The van der Waals surface area contributed by atoms with Gasteiger partial charge in [-0.05, 0) is 6.07 Å². The van der Waals surface area contributed by atoms with Gasteiger partial charge < -0.3 is 5.11 Å². The Kier molecular flexibility index (Phi) is 3.29. The number of phenolic OH excluding ortho intramolecular Hbond substituents is 1. The maximum atomic E-state index is 11.0. The normalized spacial score (nSPS) is 9.75. The van der Waals surface area contributed by atoms with Crippen LogP contribution in [0.2, 0.25) is 0 Å². The van der Waals surface area contributed by atoms with Gasteiger partial charge in [0.1, 0.15) is 11.5 Å². The second-order valence-corrected chi connectivity index (χ2v) is 3.04. The largest absolute Gasteiger partial charge is 0.508 e. The number of halogens is 1. The van der Waals surface area contributed by atoms with Gasteiger partial charge in [-0.25, -0.2) is 0 Å². The van der Waals surface area contributed by atoms with Crippen molar-refractivity contribution < 1.29 is 9.90 Å². The highest BCUT2D eigenvalue weighted by atomic mass is 79.9. The number of Topliss-reactive ketones (excluding diaryl/α,β-unsaturated/α-hetero) is 1. The van der Waals surface area contributed by atoms with E-state index in [4.69, 9.17) is 0 Å². The van der Waals surface area contributed by atoms with Crippen molar-refractivity contribution in [2.45, 2.75) is 6.42 Å². The third-order valence-electron chi connectivity index (χ3n) is 1.53. The monoisotopic (exact) mass is 228 g/mol. The highest BCUT2D eigenvalue weighted by Gasteiger charge is 2.04. The van der Waals surface area contributed by atoms with Crippen molar-refractivity contribution in [1.29, 1.82) is 0 Å². The fourth-order valence-electron chi connectivity index (χ4n) is 0.920. The first-order chi connectivity index (χ1) is 5.74. The molecule has 0 fully saturated rings. The minimum absolute atomic E-state index is 0.0662. The summed E-state index contributed by atoms with van der Waals surface area (Å²) in [6.07, 6.45) is 0.290. The predicted molar refractivity (Wildman–Crippen MR) is 50.6 cm³/mol. The molecule has 12 heavy (non-hydrogen) atoms. The van der Waals surface area contributed by atoms with Crippen LogP contribution >= 0.6 is 15.9 Å². The van der Waals surface area contributed by atoms with E-state index in [2.05, 4.69) is 15.9 Å². The van der Waals surface area contributed by atoms with Gasteiger partial charge >= 0.3 is 0 Å². The average molecular weight is 229 g/mol. The molecule has 2 nitrogen and oxygen atoms in total. The van der Waals surface area contributed by atoms with E-state index in [0.29, 0.717) is 10.9 Å². The molecule has 0 heterocycles. The number of benzene rings is 1. The first-order valence-electron chi connectivity index (χ1n) is 3.58. The number of hydrogen-bond donors (Lipinski definition) is 1. The molecule has 0 aliphatic carbocycles. The molecule has 0 spiro atoms. The Labute approximate surface area is 79.3 Å². The van der Waals surface area contributed by atoms with E-state index < -0.39 is 0 Å². The summed E-state index contributed by atoms with van der Waals surface area (Å²) in [4.78, 5) is 11.0. The molecule has 3 heteroatoms. The number of aromatic hydroxyl groups is 1. The summed E-state index contributed by atoms with van der Waals surface area (Å²) in [5, 5.41) is 9.62. The van der Waals surface area contributed by atoms with Crippen molar-refractivity contribution in [3.05, 3.63) is 29.8 Å². The maximum Gasteiger partial charge on any atom is 0.147 e. The summed E-state index contributed by atoms with van der Waals surface area (Å²) in [6.45, 7) is 0. The fourth-order valence-corrected chi connectivity index (χ4v) is 1.12. The molecule has 1 aromatic carbocycles. The molecule has 0 aromatic heterocycles. The lowest BCUT2D eigenvalue weighted by molar-refractivity contribution is -0.115. The quantitative estimate of drug-likeness (QED) is 0.803. The van der Waals surface area contributed by atoms with Crippen LogP contribution in [0, 0.1) is 0 Å². The first kappa shape index (κ1) is 9.26. The van der Waals surface area contributed by atoms with Crippen molar-refractivity contribution in [1.82, 2.24) is 0 Å². The van der Waals surface area contributed by atoms with Gasteiger partial charge in [0.25, 0.3) is 0 Å². The smallest absolute Gasteiger partial charge is 0.147 e. The van der Waals surface area contributed by atoms with Crippen LogP contribution in [0.1, 0.15) is 5.56 Å². The molecule has 1 rings (SSSR count). The minimum atomic E-state index is 0.0662. The third kappa shape index (κ3) is 2.34. The lowest BCUT2D eigenvalue weighted by Crippen LogP contribution is -2.03. The minimum Gasteiger partial charge on any atom is -0.508 e. The van der Waals surface area contributed by atoms with Gasteiger partial charge in [0.2, 0.25) is 0 Å². The number of phenols is 1. The van der Waals surface area contributed by atoms with Crippen LogP contribution in [-0.4, -0.2) is 16.2 Å². The van der Waals surface area contributed by atoms with Crippen LogP contribution in [0.5, 0.6) is 5.75 Å². The Bertz CT molecular complexity index is 284. The first-order valence-corrected chi connectivity index (χ1v) is 4.70. The van der Waals surface area contributed by atoms with E-state index in [-0.39, 0.29) is 18.0 Å². The Hall–Kier alpha value is -0.830. The van der Waals surface area contributed by atoms with E-state index in [9.17, 15) is 9.90 Å². The average Bonchev–Trinajstić information content (AvgIpc) is 2.09. The van der Waals surface area contributed by atoms with E-state index in [0.717, 1.165) is 0 Å². The van der Waals surface area contributed by atoms with Crippen LogP contribution in [0.25, 0.3) is 0 Å².